The topological polar surface area (TPSA) is 199 Å². The van der Waals surface area contributed by atoms with E-state index in [0.29, 0.717) is 12.0 Å². The number of carbonyl (C=O) groups excluding carboxylic acids is 7. The van der Waals surface area contributed by atoms with E-state index in [1.54, 1.807) is 107 Å². The highest BCUT2D eigenvalue weighted by Gasteiger charge is 2.59. The van der Waals surface area contributed by atoms with Crippen LogP contribution in [-0.2, 0) is 43.0 Å². The molecule has 4 N–H and O–H groups in total. The highest BCUT2D eigenvalue weighted by molar-refractivity contribution is 6.38. The van der Waals surface area contributed by atoms with Crippen molar-refractivity contribution >= 4 is 41.3 Å². The number of carbonyl (C=O) groups is 7. The van der Waals surface area contributed by atoms with Gasteiger partial charge < -0.3 is 40.4 Å². The lowest BCUT2D eigenvalue weighted by Gasteiger charge is -2.35. The molecule has 15 nitrogen and oxygen atoms in total. The normalized spacial score (nSPS) is 22.3. The summed E-state index contributed by atoms with van der Waals surface area (Å²) in [5.74, 6) is -7.45. The Labute approximate surface area is 312 Å². The summed E-state index contributed by atoms with van der Waals surface area (Å²) in [6, 6.07) is 5.22. The monoisotopic (exact) mass is 743 g/mol. The third-order valence-electron chi connectivity index (χ3n) is 8.94. The molecule has 0 spiro atoms. The number of fused-ring (bicyclic) bond motifs is 1. The number of nitrogens with zero attached hydrogens (tertiary/aromatic N) is 1. The summed E-state index contributed by atoms with van der Waals surface area (Å²) in [6.07, 6.45) is -1.64. The molecule has 1 heterocycles. The van der Waals surface area contributed by atoms with Gasteiger partial charge in [-0.3, -0.25) is 28.8 Å². The second kappa shape index (κ2) is 17.2. The minimum atomic E-state index is -1.29. The lowest BCUT2D eigenvalue weighted by Crippen LogP contribution is -2.56. The first kappa shape index (κ1) is 43.0. The quantitative estimate of drug-likeness (QED) is 0.206. The van der Waals surface area contributed by atoms with Crippen molar-refractivity contribution in [2.24, 2.45) is 17.3 Å². The van der Waals surface area contributed by atoms with Gasteiger partial charge in [0, 0.05) is 20.0 Å². The molecule has 53 heavy (non-hydrogen) atoms. The van der Waals surface area contributed by atoms with Gasteiger partial charge in [-0.15, -0.1) is 0 Å². The van der Waals surface area contributed by atoms with Gasteiger partial charge in [0.05, 0.1) is 36.8 Å². The Morgan fingerprint density at radius 3 is 2.09 bits per heavy atom. The van der Waals surface area contributed by atoms with E-state index in [9.17, 15) is 33.6 Å². The van der Waals surface area contributed by atoms with Crippen LogP contribution in [0.4, 0.5) is 4.79 Å². The van der Waals surface area contributed by atoms with E-state index < -0.39 is 107 Å². The highest BCUT2D eigenvalue weighted by atomic mass is 16.8. The molecule has 294 valence electrons. The maximum Gasteiger partial charge on any atom is 0.408 e. The molecule has 3 unspecified atom stereocenters. The summed E-state index contributed by atoms with van der Waals surface area (Å²) >= 11 is 0. The van der Waals surface area contributed by atoms with Gasteiger partial charge in [-0.2, -0.15) is 0 Å². The SMILES string of the molecule is CCC[C@H](NC(=O)C1C(C(=O)[C@@H](NC(=O)OC(C)(C)C)C(C)(C)C)C[C@@H]2OC(C)(C)O[C@H]12)C(=O)C(=O)NCC(=O)NC(C(=O)N(C)C)c1ccccc1. The first-order valence-electron chi connectivity index (χ1n) is 18.0. The lowest BCUT2D eigenvalue weighted by atomic mass is 9.77. The average molecular weight is 744 g/mol. The molecule has 2 aliphatic rings. The molecular weight excluding hydrogens is 686 g/mol. The molecule has 2 fully saturated rings. The Kier molecular flexibility index (Phi) is 14.0. The van der Waals surface area contributed by atoms with Gasteiger partial charge in [-0.25, -0.2) is 4.79 Å². The number of alkyl carbamates (subject to hydrolysis) is 1. The molecule has 1 saturated carbocycles. The van der Waals surface area contributed by atoms with Crippen LogP contribution in [0.2, 0.25) is 0 Å². The summed E-state index contributed by atoms with van der Waals surface area (Å²) < 4.78 is 17.6. The van der Waals surface area contributed by atoms with E-state index >= 15 is 0 Å². The van der Waals surface area contributed by atoms with E-state index in [1.165, 1.54) is 4.90 Å². The molecule has 1 aliphatic heterocycles. The van der Waals surface area contributed by atoms with Crippen molar-refractivity contribution in [2.45, 2.75) is 123 Å². The largest absolute Gasteiger partial charge is 0.444 e. The fourth-order valence-electron chi connectivity index (χ4n) is 6.59. The molecule has 7 atom stereocenters. The maximum atomic E-state index is 14.3. The zero-order valence-corrected chi connectivity index (χ0v) is 32.8. The maximum absolute atomic E-state index is 14.3. The molecule has 15 heteroatoms. The molecule has 1 saturated heterocycles. The first-order chi connectivity index (χ1) is 24.5. The molecule has 1 aliphatic carbocycles. The molecule has 0 bridgehead atoms. The van der Waals surface area contributed by atoms with Gasteiger partial charge >= 0.3 is 6.09 Å². The molecule has 5 amide bonds. The van der Waals surface area contributed by atoms with Crippen LogP contribution in [0.25, 0.3) is 0 Å². The summed E-state index contributed by atoms with van der Waals surface area (Å²) in [6.45, 7) is 15.0. The summed E-state index contributed by atoms with van der Waals surface area (Å²) in [5, 5.41) is 10.3. The van der Waals surface area contributed by atoms with Crippen LogP contribution in [0.5, 0.6) is 0 Å². The molecule has 0 radical (unpaired) electrons. The number of amides is 5. The van der Waals surface area contributed by atoms with Gasteiger partial charge in [0.2, 0.25) is 23.5 Å². The Balaban J connectivity index is 1.78. The van der Waals surface area contributed by atoms with E-state index in [0.717, 1.165) is 0 Å². The molecule has 3 rings (SSSR count). The fourth-order valence-corrected chi connectivity index (χ4v) is 6.59. The first-order valence-corrected chi connectivity index (χ1v) is 18.0. The van der Waals surface area contributed by atoms with Gasteiger partial charge in [0.1, 0.15) is 11.6 Å². The number of benzene rings is 1. The number of likely N-dealkylation sites (N-methyl/N-ethyl adjacent to an activating group) is 1. The van der Waals surface area contributed by atoms with Crippen molar-refractivity contribution in [3.63, 3.8) is 0 Å². The third-order valence-corrected chi connectivity index (χ3v) is 8.94. The smallest absolute Gasteiger partial charge is 0.408 e. The zero-order chi connectivity index (χ0) is 40.1. The van der Waals surface area contributed by atoms with Crippen LogP contribution in [-0.4, -0.2) is 103 Å². The standard InChI is InChI=1S/C38H57N5O10/c1-12-16-23(29(46)33(48)39-20-25(44)41-27(34(49)43(10)11)21-17-14-13-15-18-21)40-32(47)26-22(19-24-30(26)52-38(8,9)51-24)28(45)31(36(2,3)4)42-35(50)53-37(5,6)7/h13-15,17-18,22-24,26-27,30-31H,12,16,19-20H2,1-11H3,(H,39,48)(H,40,47)(H,41,44)(H,42,50)/t22?,23-,24-,26?,27?,30-,31+/m0/s1. The fraction of sp³-hybridized carbons (Fsp3) is 0.658. The van der Waals surface area contributed by atoms with Crippen LogP contribution < -0.4 is 21.3 Å². The third kappa shape index (κ3) is 11.6. The van der Waals surface area contributed by atoms with Crippen molar-refractivity contribution in [3.05, 3.63) is 35.9 Å². The van der Waals surface area contributed by atoms with Crippen molar-refractivity contribution in [1.29, 1.82) is 0 Å². The van der Waals surface area contributed by atoms with Crippen LogP contribution >= 0.6 is 0 Å². The predicted octanol–water partition coefficient (Wildman–Crippen LogP) is 2.57. The van der Waals surface area contributed by atoms with E-state index in [2.05, 4.69) is 21.3 Å². The minimum absolute atomic E-state index is 0.0880. The highest BCUT2D eigenvalue weighted by Crippen LogP contribution is 2.46. The van der Waals surface area contributed by atoms with Crippen molar-refractivity contribution < 1.29 is 47.8 Å². The van der Waals surface area contributed by atoms with Gasteiger partial charge in [-0.05, 0) is 58.4 Å². The number of Topliss-reactive ketones (excluding diaryl/α,β-unsaturated/α-hetero) is 2. The predicted molar refractivity (Wildman–Crippen MR) is 194 cm³/mol. The van der Waals surface area contributed by atoms with Crippen molar-refractivity contribution in [3.8, 4) is 0 Å². The molecule has 1 aromatic carbocycles. The van der Waals surface area contributed by atoms with Crippen LogP contribution in [0.15, 0.2) is 30.3 Å². The van der Waals surface area contributed by atoms with Crippen LogP contribution in [0.1, 0.15) is 93.2 Å². The van der Waals surface area contributed by atoms with E-state index in [-0.39, 0.29) is 12.8 Å². The van der Waals surface area contributed by atoms with E-state index in [1.807, 2.05) is 0 Å². The van der Waals surface area contributed by atoms with Gasteiger partial charge in [0.25, 0.3) is 5.91 Å². The molecular formula is C38H57N5O10. The van der Waals surface area contributed by atoms with Crippen molar-refractivity contribution in [2.75, 3.05) is 20.6 Å². The van der Waals surface area contributed by atoms with Gasteiger partial charge in [-0.1, -0.05) is 64.4 Å². The Bertz CT molecular complexity index is 1530. The summed E-state index contributed by atoms with van der Waals surface area (Å²) in [7, 11) is 3.10. The van der Waals surface area contributed by atoms with Crippen molar-refractivity contribution in [1.82, 2.24) is 26.2 Å². The number of hydrogen-bond acceptors (Lipinski definition) is 10. The Morgan fingerprint density at radius 2 is 1.55 bits per heavy atom. The Hall–Kier alpha value is -4.37. The Morgan fingerprint density at radius 1 is 0.925 bits per heavy atom. The summed E-state index contributed by atoms with van der Waals surface area (Å²) in [5.41, 5.74) is -1.06. The summed E-state index contributed by atoms with van der Waals surface area (Å²) in [4.78, 5) is 94.8. The zero-order valence-electron chi connectivity index (χ0n) is 32.8. The average Bonchev–Trinajstić information content (AvgIpc) is 3.54. The van der Waals surface area contributed by atoms with E-state index in [4.69, 9.17) is 14.2 Å². The van der Waals surface area contributed by atoms with Gasteiger partial charge in [0.15, 0.2) is 11.6 Å². The number of ether oxygens (including phenoxy) is 3. The second-order valence-electron chi connectivity index (χ2n) is 16.4. The number of ketones is 2. The van der Waals surface area contributed by atoms with Crippen LogP contribution in [0, 0.1) is 17.3 Å². The molecule has 0 aromatic heterocycles. The number of rotatable bonds is 14. The second-order valence-corrected chi connectivity index (χ2v) is 16.4. The van der Waals surface area contributed by atoms with Crippen LogP contribution in [0.3, 0.4) is 0 Å². The minimum Gasteiger partial charge on any atom is -0.444 e. The number of nitrogens with one attached hydrogen (secondary N) is 4. The molecule has 1 aromatic rings. The lowest BCUT2D eigenvalue weighted by molar-refractivity contribution is -0.167. The number of hydrogen-bond donors (Lipinski definition) is 4.